The van der Waals surface area contributed by atoms with Gasteiger partial charge in [0.05, 0.1) is 11.4 Å². The molecule has 1 N–H and O–H groups in total. The van der Waals surface area contributed by atoms with Crippen LogP contribution in [0.4, 0.5) is 5.69 Å². The van der Waals surface area contributed by atoms with Crippen molar-refractivity contribution >= 4 is 41.0 Å². The van der Waals surface area contributed by atoms with Crippen LogP contribution in [-0.4, -0.2) is 22.5 Å². The molecule has 174 valence electrons. The standard InChI is InChI=1S/C29H24N2O2S2/c32-27-20-34-29(31(27)19-21-9-3-1-4-10-21)23-17-15-22(16-18-23)28(33)30-25-13-7-8-14-26(25)35-24-11-5-2-6-12-24/h1-18,29H,19-20H2,(H,30,33)/t29-/m1/s1. The van der Waals surface area contributed by atoms with Crippen molar-refractivity contribution in [3.05, 3.63) is 126 Å². The van der Waals surface area contributed by atoms with Gasteiger partial charge in [-0.25, -0.2) is 0 Å². The first-order valence-electron chi connectivity index (χ1n) is 11.4. The van der Waals surface area contributed by atoms with Crippen molar-refractivity contribution in [2.24, 2.45) is 0 Å². The fraction of sp³-hybridized carbons (Fsp3) is 0.103. The molecule has 1 atom stereocenters. The summed E-state index contributed by atoms with van der Waals surface area (Å²) in [7, 11) is 0. The van der Waals surface area contributed by atoms with Crippen LogP contribution in [0.2, 0.25) is 0 Å². The van der Waals surface area contributed by atoms with Gasteiger partial charge in [0.1, 0.15) is 5.37 Å². The fourth-order valence-corrected chi connectivity index (χ4v) is 6.06. The predicted octanol–water partition coefficient (Wildman–Crippen LogP) is 6.86. The van der Waals surface area contributed by atoms with Gasteiger partial charge in [-0.15, -0.1) is 11.8 Å². The molecule has 0 saturated carbocycles. The molecular formula is C29H24N2O2S2. The van der Waals surface area contributed by atoms with E-state index in [2.05, 4.69) is 17.4 Å². The maximum atomic E-state index is 13.0. The zero-order valence-electron chi connectivity index (χ0n) is 19.0. The molecular weight excluding hydrogens is 472 g/mol. The van der Waals surface area contributed by atoms with Gasteiger partial charge >= 0.3 is 0 Å². The normalized spacial score (nSPS) is 15.3. The second-order valence-corrected chi connectivity index (χ2v) is 10.3. The van der Waals surface area contributed by atoms with Gasteiger partial charge in [-0.2, -0.15) is 0 Å². The number of carbonyl (C=O) groups excluding carboxylic acids is 2. The molecule has 0 spiro atoms. The van der Waals surface area contributed by atoms with Gasteiger partial charge in [-0.05, 0) is 47.5 Å². The summed E-state index contributed by atoms with van der Waals surface area (Å²) < 4.78 is 0. The van der Waals surface area contributed by atoms with Crippen LogP contribution in [0.3, 0.4) is 0 Å². The highest BCUT2D eigenvalue weighted by Crippen LogP contribution is 2.39. The lowest BCUT2D eigenvalue weighted by Gasteiger charge is -2.24. The highest BCUT2D eigenvalue weighted by Gasteiger charge is 2.32. The monoisotopic (exact) mass is 496 g/mol. The van der Waals surface area contributed by atoms with Crippen molar-refractivity contribution in [2.45, 2.75) is 21.7 Å². The maximum Gasteiger partial charge on any atom is 0.255 e. The van der Waals surface area contributed by atoms with Gasteiger partial charge in [0, 0.05) is 21.9 Å². The summed E-state index contributed by atoms with van der Waals surface area (Å²) in [6.45, 7) is 0.579. The van der Waals surface area contributed by atoms with Crippen molar-refractivity contribution in [3.63, 3.8) is 0 Å². The quantitative estimate of drug-likeness (QED) is 0.303. The molecule has 6 heteroatoms. The van der Waals surface area contributed by atoms with E-state index < -0.39 is 0 Å². The lowest BCUT2D eigenvalue weighted by molar-refractivity contribution is -0.128. The Morgan fingerprint density at radius 1 is 0.857 bits per heavy atom. The molecule has 0 aromatic heterocycles. The molecule has 0 radical (unpaired) electrons. The van der Waals surface area contributed by atoms with Crippen molar-refractivity contribution < 1.29 is 9.59 Å². The number of nitrogens with one attached hydrogen (secondary N) is 1. The molecule has 1 aliphatic rings. The zero-order chi connectivity index (χ0) is 24.0. The van der Waals surface area contributed by atoms with Crippen LogP contribution in [0.1, 0.15) is 26.9 Å². The second-order valence-electron chi connectivity index (χ2n) is 8.16. The molecule has 1 saturated heterocycles. The summed E-state index contributed by atoms with van der Waals surface area (Å²) in [6, 6.07) is 35.5. The number of anilines is 1. The molecule has 5 rings (SSSR count). The highest BCUT2D eigenvalue weighted by molar-refractivity contribution is 8.00. The minimum atomic E-state index is -0.158. The maximum absolute atomic E-state index is 13.0. The van der Waals surface area contributed by atoms with Crippen molar-refractivity contribution in [3.8, 4) is 0 Å². The Morgan fingerprint density at radius 3 is 2.26 bits per heavy atom. The van der Waals surface area contributed by atoms with E-state index in [-0.39, 0.29) is 17.2 Å². The topological polar surface area (TPSA) is 49.4 Å². The van der Waals surface area contributed by atoms with E-state index in [9.17, 15) is 9.59 Å². The van der Waals surface area contributed by atoms with Crippen molar-refractivity contribution in [1.29, 1.82) is 0 Å². The van der Waals surface area contributed by atoms with Crippen LogP contribution in [0.5, 0.6) is 0 Å². The van der Waals surface area contributed by atoms with Gasteiger partial charge in [0.15, 0.2) is 0 Å². The Hall–Kier alpha value is -3.48. The number of hydrogen-bond acceptors (Lipinski definition) is 4. The van der Waals surface area contributed by atoms with Crippen LogP contribution < -0.4 is 5.32 Å². The predicted molar refractivity (Wildman–Crippen MR) is 144 cm³/mol. The van der Waals surface area contributed by atoms with Gasteiger partial charge < -0.3 is 10.2 Å². The third-order valence-electron chi connectivity index (χ3n) is 5.73. The number of nitrogens with zero attached hydrogens (tertiary/aromatic N) is 1. The molecule has 0 unspecified atom stereocenters. The molecule has 4 aromatic carbocycles. The minimum Gasteiger partial charge on any atom is -0.322 e. The lowest BCUT2D eigenvalue weighted by Crippen LogP contribution is -2.27. The van der Waals surface area contributed by atoms with Crippen molar-refractivity contribution in [1.82, 2.24) is 4.90 Å². The molecule has 0 bridgehead atoms. The number of amides is 2. The van der Waals surface area contributed by atoms with Gasteiger partial charge in [-0.1, -0.05) is 84.6 Å². The van der Waals surface area contributed by atoms with Crippen LogP contribution >= 0.6 is 23.5 Å². The van der Waals surface area contributed by atoms with Crippen molar-refractivity contribution in [2.75, 3.05) is 11.1 Å². The van der Waals surface area contributed by atoms with E-state index in [1.54, 1.807) is 23.5 Å². The van der Waals surface area contributed by atoms with E-state index in [1.165, 1.54) is 0 Å². The van der Waals surface area contributed by atoms with Crippen LogP contribution in [0.25, 0.3) is 0 Å². The Labute approximate surface area is 213 Å². The first-order chi connectivity index (χ1) is 17.2. The van der Waals surface area contributed by atoms with E-state index in [0.717, 1.165) is 26.6 Å². The SMILES string of the molecule is O=C(Nc1ccccc1Sc1ccccc1)c1ccc([C@H]2SCC(=O)N2Cc2ccccc2)cc1. The zero-order valence-corrected chi connectivity index (χ0v) is 20.6. The Bertz CT molecular complexity index is 1310. The molecule has 1 heterocycles. The first-order valence-corrected chi connectivity index (χ1v) is 13.2. The molecule has 1 aliphatic heterocycles. The third kappa shape index (κ3) is 5.61. The molecule has 35 heavy (non-hydrogen) atoms. The van der Waals surface area contributed by atoms with Crippen LogP contribution in [-0.2, 0) is 11.3 Å². The lowest BCUT2D eigenvalue weighted by atomic mass is 10.1. The number of benzene rings is 4. The third-order valence-corrected chi connectivity index (χ3v) is 8.07. The van der Waals surface area contributed by atoms with E-state index in [0.29, 0.717) is 17.9 Å². The molecule has 1 fully saturated rings. The molecule has 4 nitrogen and oxygen atoms in total. The second kappa shape index (κ2) is 10.8. The smallest absolute Gasteiger partial charge is 0.255 e. The highest BCUT2D eigenvalue weighted by atomic mass is 32.2. The average molecular weight is 497 g/mol. The van der Waals surface area contributed by atoms with Gasteiger partial charge in [-0.3, -0.25) is 9.59 Å². The summed E-state index contributed by atoms with van der Waals surface area (Å²) in [4.78, 5) is 29.6. The Kier molecular flexibility index (Phi) is 7.21. The molecule has 0 aliphatic carbocycles. The summed E-state index contributed by atoms with van der Waals surface area (Å²) in [5, 5.41) is 3.00. The number of rotatable bonds is 7. The number of para-hydroxylation sites is 1. The minimum absolute atomic E-state index is 0.0529. The average Bonchev–Trinajstić information content (AvgIpc) is 3.26. The number of hydrogen-bond donors (Lipinski definition) is 1. The van der Waals surface area contributed by atoms with E-state index >= 15 is 0 Å². The van der Waals surface area contributed by atoms with E-state index in [4.69, 9.17) is 0 Å². The summed E-state index contributed by atoms with van der Waals surface area (Å²) in [5.41, 5.74) is 3.49. The molecule has 2 amide bonds. The molecule has 4 aromatic rings. The van der Waals surface area contributed by atoms with Crippen LogP contribution in [0.15, 0.2) is 119 Å². The number of thioether (sulfide) groups is 1. The first kappa shape index (κ1) is 23.3. The summed E-state index contributed by atoms with van der Waals surface area (Å²) >= 11 is 3.24. The number of carbonyl (C=O) groups is 2. The fourth-order valence-electron chi connectivity index (χ4n) is 3.95. The summed E-state index contributed by atoms with van der Waals surface area (Å²) in [5.74, 6) is 0.447. The summed E-state index contributed by atoms with van der Waals surface area (Å²) in [6.07, 6.45) is 0. The Morgan fingerprint density at radius 2 is 1.51 bits per heavy atom. The van der Waals surface area contributed by atoms with Gasteiger partial charge in [0.2, 0.25) is 5.91 Å². The van der Waals surface area contributed by atoms with Gasteiger partial charge in [0.25, 0.3) is 5.91 Å². The van der Waals surface area contributed by atoms with Crippen LogP contribution in [0, 0.1) is 0 Å². The largest absolute Gasteiger partial charge is 0.322 e. The Balaban J connectivity index is 1.29. The van der Waals surface area contributed by atoms with E-state index in [1.807, 2.05) is 102 Å².